The van der Waals surface area contributed by atoms with Crippen LogP contribution in [0, 0.1) is 0 Å². The smallest absolute Gasteiger partial charge is 0.221 e. The second-order valence-corrected chi connectivity index (χ2v) is 3.25. The maximum Gasteiger partial charge on any atom is 0.232 e. The highest BCUT2D eigenvalue weighted by Crippen LogP contribution is 2.04. The van der Waals surface area contributed by atoms with Gasteiger partial charge in [-0.25, -0.2) is 4.58 Å². The standard InChI is InChI=1S/C9H19ClN/c1-5-8(3)11(7-10)9(4)6-2/h7-9H,5-6H2,1-4H3/q+1. The molecule has 0 aromatic rings. The van der Waals surface area contributed by atoms with Gasteiger partial charge in [-0.15, -0.1) is 0 Å². The summed E-state index contributed by atoms with van der Waals surface area (Å²) in [6.45, 7) is 8.76. The van der Waals surface area contributed by atoms with E-state index in [1.807, 2.05) is 0 Å². The Labute approximate surface area is 75.1 Å². The zero-order valence-electron chi connectivity index (χ0n) is 7.97. The first-order chi connectivity index (χ1) is 5.17. The normalized spacial score (nSPS) is 15.7. The Bertz CT molecular complexity index is 120. The van der Waals surface area contributed by atoms with Crippen molar-refractivity contribution in [3.8, 4) is 0 Å². The fourth-order valence-electron chi connectivity index (χ4n) is 1.05. The van der Waals surface area contributed by atoms with Crippen molar-refractivity contribution in [1.82, 2.24) is 0 Å². The van der Waals surface area contributed by atoms with Crippen LogP contribution in [0.4, 0.5) is 0 Å². The fourth-order valence-corrected chi connectivity index (χ4v) is 1.43. The SMILES string of the molecule is CCC(C)[N+](=CCl)C(C)CC. The minimum Gasteiger partial charge on any atom is -0.221 e. The largest absolute Gasteiger partial charge is 0.232 e. The third kappa shape index (κ3) is 3.24. The van der Waals surface area contributed by atoms with E-state index in [4.69, 9.17) is 11.6 Å². The molecule has 0 saturated carbocycles. The molecule has 2 heteroatoms. The van der Waals surface area contributed by atoms with E-state index in [1.54, 1.807) is 5.67 Å². The van der Waals surface area contributed by atoms with Gasteiger partial charge in [-0.3, -0.25) is 0 Å². The summed E-state index contributed by atoms with van der Waals surface area (Å²) < 4.78 is 2.21. The fraction of sp³-hybridized carbons (Fsp3) is 0.889. The molecular weight excluding hydrogens is 158 g/mol. The number of rotatable bonds is 4. The van der Waals surface area contributed by atoms with Crippen LogP contribution in [0.15, 0.2) is 0 Å². The highest BCUT2D eigenvalue weighted by Gasteiger charge is 2.17. The Morgan fingerprint density at radius 2 is 1.55 bits per heavy atom. The van der Waals surface area contributed by atoms with Gasteiger partial charge in [-0.05, 0) is 25.4 Å². The van der Waals surface area contributed by atoms with Crippen LogP contribution in [0.2, 0.25) is 0 Å². The summed E-state index contributed by atoms with van der Waals surface area (Å²) in [6.07, 6.45) is 2.29. The number of halogens is 1. The van der Waals surface area contributed by atoms with Crippen LogP contribution < -0.4 is 0 Å². The van der Waals surface area contributed by atoms with Crippen LogP contribution in [0.25, 0.3) is 0 Å². The van der Waals surface area contributed by atoms with Crippen LogP contribution in [0.3, 0.4) is 0 Å². The third-order valence-corrected chi connectivity index (χ3v) is 2.54. The van der Waals surface area contributed by atoms with Gasteiger partial charge in [0.2, 0.25) is 5.67 Å². The lowest BCUT2D eigenvalue weighted by Gasteiger charge is -2.13. The van der Waals surface area contributed by atoms with Gasteiger partial charge < -0.3 is 0 Å². The highest BCUT2D eigenvalue weighted by molar-refractivity contribution is 6.54. The first-order valence-corrected chi connectivity index (χ1v) is 4.81. The molecule has 2 unspecified atom stereocenters. The molecule has 2 atom stereocenters. The molecule has 0 amide bonds. The highest BCUT2D eigenvalue weighted by atomic mass is 35.5. The summed E-state index contributed by atoms with van der Waals surface area (Å²) in [5, 5.41) is 0. The number of hydrogen-bond donors (Lipinski definition) is 0. The van der Waals surface area contributed by atoms with Crippen molar-refractivity contribution in [2.75, 3.05) is 0 Å². The summed E-state index contributed by atoms with van der Waals surface area (Å²) in [5.74, 6) is 0. The molecule has 0 radical (unpaired) electrons. The van der Waals surface area contributed by atoms with Gasteiger partial charge in [0.25, 0.3) is 0 Å². The quantitative estimate of drug-likeness (QED) is 0.458. The van der Waals surface area contributed by atoms with Crippen LogP contribution in [0.5, 0.6) is 0 Å². The third-order valence-electron chi connectivity index (χ3n) is 2.31. The first kappa shape index (κ1) is 11.0. The Morgan fingerprint density at radius 3 is 1.73 bits per heavy atom. The van der Waals surface area contributed by atoms with Crippen molar-refractivity contribution < 1.29 is 4.58 Å². The summed E-state index contributed by atoms with van der Waals surface area (Å²) in [7, 11) is 0. The zero-order chi connectivity index (χ0) is 8.85. The summed E-state index contributed by atoms with van der Waals surface area (Å²) in [4.78, 5) is 0. The van der Waals surface area contributed by atoms with Crippen molar-refractivity contribution in [2.24, 2.45) is 0 Å². The van der Waals surface area contributed by atoms with Crippen LogP contribution in [0.1, 0.15) is 40.5 Å². The molecule has 0 aliphatic carbocycles. The summed E-state index contributed by atoms with van der Waals surface area (Å²) >= 11 is 5.72. The van der Waals surface area contributed by atoms with Gasteiger partial charge >= 0.3 is 0 Å². The summed E-state index contributed by atoms with van der Waals surface area (Å²) in [5.41, 5.74) is 1.68. The topological polar surface area (TPSA) is 3.01 Å². The monoisotopic (exact) mass is 176 g/mol. The second kappa shape index (κ2) is 5.59. The lowest BCUT2D eigenvalue weighted by atomic mass is 10.2. The van der Waals surface area contributed by atoms with Gasteiger partial charge in [0, 0.05) is 12.8 Å². The molecule has 0 heterocycles. The van der Waals surface area contributed by atoms with E-state index in [1.165, 1.54) is 0 Å². The molecule has 0 saturated heterocycles. The van der Waals surface area contributed by atoms with Crippen molar-refractivity contribution in [3.63, 3.8) is 0 Å². The summed E-state index contributed by atoms with van der Waals surface area (Å²) in [6, 6.07) is 1.12. The van der Waals surface area contributed by atoms with E-state index in [9.17, 15) is 0 Å². The first-order valence-electron chi connectivity index (χ1n) is 4.38. The molecule has 1 nitrogen and oxygen atoms in total. The van der Waals surface area contributed by atoms with Crippen LogP contribution >= 0.6 is 11.6 Å². The van der Waals surface area contributed by atoms with Crippen LogP contribution in [-0.2, 0) is 0 Å². The maximum absolute atomic E-state index is 5.72. The van der Waals surface area contributed by atoms with E-state index >= 15 is 0 Å². The van der Waals surface area contributed by atoms with Gasteiger partial charge in [-0.1, -0.05) is 13.8 Å². The number of hydrogen-bond acceptors (Lipinski definition) is 0. The Balaban J connectivity index is 4.17. The molecule has 0 rings (SSSR count). The molecule has 0 aliphatic heterocycles. The Morgan fingerprint density at radius 1 is 1.18 bits per heavy atom. The average molecular weight is 177 g/mol. The van der Waals surface area contributed by atoms with E-state index in [-0.39, 0.29) is 0 Å². The average Bonchev–Trinajstić information content (AvgIpc) is 2.05. The van der Waals surface area contributed by atoms with Crippen LogP contribution in [-0.4, -0.2) is 22.3 Å². The molecule has 0 aromatic carbocycles. The molecule has 0 bridgehead atoms. The predicted octanol–water partition coefficient (Wildman–Crippen LogP) is 2.86. The lowest BCUT2D eigenvalue weighted by molar-refractivity contribution is -0.589. The van der Waals surface area contributed by atoms with E-state index in [0.29, 0.717) is 12.1 Å². The predicted molar refractivity (Wildman–Crippen MR) is 51.7 cm³/mol. The van der Waals surface area contributed by atoms with Crippen molar-refractivity contribution in [3.05, 3.63) is 0 Å². The van der Waals surface area contributed by atoms with E-state index in [2.05, 4.69) is 32.3 Å². The minimum absolute atomic E-state index is 0.558. The minimum atomic E-state index is 0.558. The number of nitrogens with zero attached hydrogens (tertiary/aromatic N) is 1. The Kier molecular flexibility index (Phi) is 5.57. The van der Waals surface area contributed by atoms with Gasteiger partial charge in [0.1, 0.15) is 0 Å². The lowest BCUT2D eigenvalue weighted by Crippen LogP contribution is -2.30. The molecular formula is C9H19ClN+. The van der Waals surface area contributed by atoms with Gasteiger partial charge in [0.15, 0.2) is 12.1 Å². The molecule has 0 aromatic heterocycles. The van der Waals surface area contributed by atoms with E-state index in [0.717, 1.165) is 12.8 Å². The molecule has 0 N–H and O–H groups in total. The molecule has 66 valence electrons. The van der Waals surface area contributed by atoms with E-state index < -0.39 is 0 Å². The molecule has 0 fully saturated rings. The van der Waals surface area contributed by atoms with Crippen molar-refractivity contribution >= 4 is 17.3 Å². The van der Waals surface area contributed by atoms with Crippen molar-refractivity contribution in [1.29, 1.82) is 0 Å². The zero-order valence-corrected chi connectivity index (χ0v) is 8.73. The maximum atomic E-state index is 5.72. The molecule has 0 aliphatic rings. The van der Waals surface area contributed by atoms with Gasteiger partial charge in [-0.2, -0.15) is 0 Å². The molecule has 11 heavy (non-hydrogen) atoms. The van der Waals surface area contributed by atoms with Gasteiger partial charge in [0.05, 0.1) is 0 Å². The van der Waals surface area contributed by atoms with Crippen molar-refractivity contribution in [2.45, 2.75) is 52.6 Å². The molecule has 0 spiro atoms. The second-order valence-electron chi connectivity index (χ2n) is 3.06. The Hall–Kier alpha value is -0.0400.